The van der Waals surface area contributed by atoms with Gasteiger partial charge in [-0.25, -0.2) is 0 Å². The molecule has 0 aliphatic rings. The third kappa shape index (κ3) is 2.84. The summed E-state index contributed by atoms with van der Waals surface area (Å²) in [7, 11) is 2.07. The number of hydrogen-bond acceptors (Lipinski definition) is 3. The standard InChI is InChI=1S/C16H15ClN2O/c1-19(10-12-6-8-13(17)9-7-12)11-15-14-4-2-3-5-16(14)20-18-15/h2-9H,10-11H2,1H3. The molecule has 0 fully saturated rings. The molecule has 0 aliphatic heterocycles. The number of nitrogens with zero attached hydrogens (tertiary/aromatic N) is 2. The van der Waals surface area contributed by atoms with Crippen molar-refractivity contribution in [2.75, 3.05) is 7.05 Å². The summed E-state index contributed by atoms with van der Waals surface area (Å²) in [5.74, 6) is 0. The smallest absolute Gasteiger partial charge is 0.167 e. The molecule has 20 heavy (non-hydrogen) atoms. The van der Waals surface area contributed by atoms with E-state index >= 15 is 0 Å². The second-order valence-electron chi connectivity index (χ2n) is 4.92. The van der Waals surface area contributed by atoms with Gasteiger partial charge in [-0.3, -0.25) is 4.90 Å². The Morgan fingerprint density at radius 2 is 1.80 bits per heavy atom. The molecule has 0 amide bonds. The van der Waals surface area contributed by atoms with Gasteiger partial charge in [0.25, 0.3) is 0 Å². The van der Waals surface area contributed by atoms with Gasteiger partial charge in [0.2, 0.25) is 0 Å². The van der Waals surface area contributed by atoms with Crippen molar-refractivity contribution < 1.29 is 4.52 Å². The second kappa shape index (κ2) is 5.65. The lowest BCUT2D eigenvalue weighted by Crippen LogP contribution is -2.17. The molecule has 0 spiro atoms. The number of aromatic nitrogens is 1. The van der Waals surface area contributed by atoms with E-state index < -0.39 is 0 Å². The van der Waals surface area contributed by atoms with Crippen molar-refractivity contribution in [3.63, 3.8) is 0 Å². The Morgan fingerprint density at radius 3 is 2.60 bits per heavy atom. The monoisotopic (exact) mass is 286 g/mol. The molecular formula is C16H15ClN2O. The molecule has 3 rings (SSSR count). The van der Waals surface area contributed by atoms with Gasteiger partial charge in [-0.05, 0) is 36.9 Å². The van der Waals surface area contributed by atoms with Gasteiger partial charge in [-0.1, -0.05) is 41.0 Å². The van der Waals surface area contributed by atoms with E-state index in [0.717, 1.165) is 34.8 Å². The molecule has 0 bridgehead atoms. The van der Waals surface area contributed by atoms with Gasteiger partial charge in [0.1, 0.15) is 5.69 Å². The normalized spacial score (nSPS) is 11.3. The van der Waals surface area contributed by atoms with Crippen LogP contribution in [-0.4, -0.2) is 17.1 Å². The third-order valence-corrected chi connectivity index (χ3v) is 3.49. The number of fused-ring (bicyclic) bond motifs is 1. The van der Waals surface area contributed by atoms with Gasteiger partial charge in [0.05, 0.1) is 0 Å². The van der Waals surface area contributed by atoms with Gasteiger partial charge in [0, 0.05) is 23.5 Å². The van der Waals surface area contributed by atoms with Crippen molar-refractivity contribution in [1.29, 1.82) is 0 Å². The van der Waals surface area contributed by atoms with Crippen LogP contribution < -0.4 is 0 Å². The number of halogens is 1. The fourth-order valence-electron chi connectivity index (χ4n) is 2.27. The highest BCUT2D eigenvalue weighted by molar-refractivity contribution is 6.30. The van der Waals surface area contributed by atoms with Crippen LogP contribution in [0.1, 0.15) is 11.3 Å². The first-order valence-corrected chi connectivity index (χ1v) is 6.86. The zero-order valence-corrected chi connectivity index (χ0v) is 12.0. The maximum atomic E-state index is 5.89. The Bertz CT molecular complexity index is 706. The van der Waals surface area contributed by atoms with E-state index in [1.165, 1.54) is 5.56 Å². The van der Waals surface area contributed by atoms with Crippen molar-refractivity contribution in [2.45, 2.75) is 13.1 Å². The van der Waals surface area contributed by atoms with Crippen LogP contribution in [0.5, 0.6) is 0 Å². The minimum Gasteiger partial charge on any atom is -0.356 e. The molecule has 0 atom stereocenters. The molecule has 1 heterocycles. The van der Waals surface area contributed by atoms with Crippen LogP contribution in [0.4, 0.5) is 0 Å². The summed E-state index contributed by atoms with van der Waals surface area (Å²) in [6.07, 6.45) is 0. The Morgan fingerprint density at radius 1 is 1.05 bits per heavy atom. The van der Waals surface area contributed by atoms with Gasteiger partial charge in [-0.15, -0.1) is 0 Å². The van der Waals surface area contributed by atoms with Gasteiger partial charge in [0.15, 0.2) is 5.58 Å². The van der Waals surface area contributed by atoms with E-state index in [1.54, 1.807) is 0 Å². The first-order chi connectivity index (χ1) is 9.72. The van der Waals surface area contributed by atoms with E-state index in [9.17, 15) is 0 Å². The molecule has 3 nitrogen and oxygen atoms in total. The molecule has 1 aromatic heterocycles. The fourth-order valence-corrected chi connectivity index (χ4v) is 2.39. The largest absolute Gasteiger partial charge is 0.356 e. The molecule has 0 saturated carbocycles. The highest BCUT2D eigenvalue weighted by Gasteiger charge is 2.10. The maximum absolute atomic E-state index is 5.89. The first-order valence-electron chi connectivity index (χ1n) is 6.48. The van der Waals surface area contributed by atoms with E-state index in [0.29, 0.717) is 0 Å². The van der Waals surface area contributed by atoms with Crippen molar-refractivity contribution in [1.82, 2.24) is 10.1 Å². The lowest BCUT2D eigenvalue weighted by molar-refractivity contribution is 0.306. The fraction of sp³-hybridized carbons (Fsp3) is 0.188. The summed E-state index contributed by atoms with van der Waals surface area (Å²) in [5, 5.41) is 6.00. The van der Waals surface area contributed by atoms with Gasteiger partial charge >= 0.3 is 0 Å². The SMILES string of the molecule is CN(Cc1ccc(Cl)cc1)Cc1noc2ccccc12. The van der Waals surface area contributed by atoms with Crippen LogP contribution in [0.3, 0.4) is 0 Å². The zero-order chi connectivity index (χ0) is 13.9. The molecule has 102 valence electrons. The Kier molecular flexibility index (Phi) is 3.72. The minimum absolute atomic E-state index is 0.750. The van der Waals surface area contributed by atoms with Crippen LogP contribution >= 0.6 is 11.6 Å². The molecule has 0 unspecified atom stereocenters. The van der Waals surface area contributed by atoms with Crippen LogP contribution in [0, 0.1) is 0 Å². The quantitative estimate of drug-likeness (QED) is 0.723. The predicted octanol–water partition coefficient (Wildman–Crippen LogP) is 4.11. The summed E-state index contributed by atoms with van der Waals surface area (Å²) in [4.78, 5) is 2.20. The van der Waals surface area contributed by atoms with Crippen molar-refractivity contribution in [3.05, 3.63) is 64.8 Å². The van der Waals surface area contributed by atoms with E-state index in [1.807, 2.05) is 48.5 Å². The first kappa shape index (κ1) is 13.2. The third-order valence-electron chi connectivity index (χ3n) is 3.24. The molecule has 0 N–H and O–H groups in total. The summed E-state index contributed by atoms with van der Waals surface area (Å²) < 4.78 is 5.32. The average Bonchev–Trinajstić information content (AvgIpc) is 2.85. The van der Waals surface area contributed by atoms with Crippen molar-refractivity contribution in [2.24, 2.45) is 0 Å². The van der Waals surface area contributed by atoms with Crippen molar-refractivity contribution >= 4 is 22.6 Å². The summed E-state index contributed by atoms with van der Waals surface area (Å²) >= 11 is 5.89. The van der Waals surface area contributed by atoms with E-state index in [-0.39, 0.29) is 0 Å². The Balaban J connectivity index is 1.72. The van der Waals surface area contributed by atoms with Crippen LogP contribution in [0.2, 0.25) is 5.02 Å². The Labute approximate surface area is 122 Å². The van der Waals surface area contributed by atoms with E-state index in [2.05, 4.69) is 17.1 Å². The molecule has 0 saturated heterocycles. The molecule has 0 aliphatic carbocycles. The van der Waals surface area contributed by atoms with E-state index in [4.69, 9.17) is 16.1 Å². The molecule has 3 aromatic rings. The lowest BCUT2D eigenvalue weighted by atomic mass is 10.2. The summed E-state index contributed by atoms with van der Waals surface area (Å²) in [6.45, 7) is 1.60. The van der Waals surface area contributed by atoms with Crippen LogP contribution in [0.25, 0.3) is 11.0 Å². The van der Waals surface area contributed by atoms with Crippen LogP contribution in [-0.2, 0) is 13.1 Å². The summed E-state index contributed by atoms with van der Waals surface area (Å²) in [5.41, 5.74) is 3.03. The molecule has 4 heteroatoms. The second-order valence-corrected chi connectivity index (χ2v) is 5.36. The number of para-hydroxylation sites is 1. The van der Waals surface area contributed by atoms with Gasteiger partial charge in [-0.2, -0.15) is 0 Å². The molecule has 0 radical (unpaired) electrons. The predicted molar refractivity (Wildman–Crippen MR) is 80.6 cm³/mol. The number of benzene rings is 2. The summed E-state index contributed by atoms with van der Waals surface area (Å²) in [6, 6.07) is 15.8. The van der Waals surface area contributed by atoms with Crippen LogP contribution in [0.15, 0.2) is 53.1 Å². The minimum atomic E-state index is 0.750. The number of rotatable bonds is 4. The molecular weight excluding hydrogens is 272 g/mol. The van der Waals surface area contributed by atoms with Crippen molar-refractivity contribution in [3.8, 4) is 0 Å². The Hall–Kier alpha value is -1.84. The lowest BCUT2D eigenvalue weighted by Gasteiger charge is -2.15. The molecule has 2 aromatic carbocycles. The topological polar surface area (TPSA) is 29.3 Å². The average molecular weight is 287 g/mol. The highest BCUT2D eigenvalue weighted by Crippen LogP contribution is 2.19. The highest BCUT2D eigenvalue weighted by atomic mass is 35.5. The maximum Gasteiger partial charge on any atom is 0.167 e. The number of hydrogen-bond donors (Lipinski definition) is 0. The van der Waals surface area contributed by atoms with Gasteiger partial charge < -0.3 is 4.52 Å². The zero-order valence-electron chi connectivity index (χ0n) is 11.2.